The van der Waals surface area contributed by atoms with Gasteiger partial charge in [-0.3, -0.25) is 14.0 Å². The molecule has 0 fully saturated rings. The summed E-state index contributed by atoms with van der Waals surface area (Å²) in [5.41, 5.74) is 0.975. The molecule has 1 aromatic rings. The summed E-state index contributed by atoms with van der Waals surface area (Å²) in [6.07, 6.45) is -2.35. The van der Waals surface area contributed by atoms with Crippen molar-refractivity contribution in [3.8, 4) is 0 Å². The zero-order valence-electron chi connectivity index (χ0n) is 19.6. The molecule has 1 aromatic carbocycles. The molecule has 0 saturated carbocycles. The molecule has 0 amide bonds. The van der Waals surface area contributed by atoms with E-state index in [4.69, 9.17) is 18.1 Å². The van der Waals surface area contributed by atoms with Gasteiger partial charge in [0.15, 0.2) is 0 Å². The highest BCUT2D eigenvalue weighted by atomic mass is 31.2. The molecule has 1 rings (SSSR count). The molecule has 186 valence electrons. The van der Waals surface area contributed by atoms with Crippen LogP contribution < -0.4 is 0 Å². The van der Waals surface area contributed by atoms with Gasteiger partial charge < -0.3 is 28.3 Å². The third-order valence-corrected chi connectivity index (χ3v) is 8.70. The minimum Gasteiger partial charge on any atom is -0.391 e. The van der Waals surface area contributed by atoms with Gasteiger partial charge in [-0.05, 0) is 33.3 Å². The zero-order valence-corrected chi connectivity index (χ0v) is 21.4. The van der Waals surface area contributed by atoms with E-state index < -0.39 is 27.4 Å². The second-order valence-electron chi connectivity index (χ2n) is 7.25. The maximum absolute atomic E-state index is 12.8. The van der Waals surface area contributed by atoms with E-state index in [2.05, 4.69) is 0 Å². The highest BCUT2D eigenvalue weighted by Crippen LogP contribution is 2.49. The van der Waals surface area contributed by atoms with Gasteiger partial charge in [0.1, 0.15) is 0 Å². The Kier molecular flexibility index (Phi) is 14.1. The van der Waals surface area contributed by atoms with E-state index in [1.54, 1.807) is 27.7 Å². The number of aliphatic hydroxyl groups is 2. The molecule has 0 aliphatic heterocycles. The number of nitrogens with zero attached hydrogens (tertiary/aromatic N) is 1. The monoisotopic (exact) mass is 495 g/mol. The summed E-state index contributed by atoms with van der Waals surface area (Å²) in [4.78, 5) is 1.81. The third-order valence-electron chi connectivity index (χ3n) is 4.36. The van der Waals surface area contributed by atoms with E-state index in [0.29, 0.717) is 6.54 Å². The van der Waals surface area contributed by atoms with Crippen LogP contribution in [0.4, 0.5) is 0 Å². The number of benzene rings is 1. The lowest BCUT2D eigenvalue weighted by Crippen LogP contribution is -2.40. The molecular weight excluding hydrogens is 456 g/mol. The SMILES string of the molecule is CCOP(=O)(C[C@@H](O)CN(Cc1ccccc1)C[C@H](O)CP(=O)(OCC)OCC)OCC. The Morgan fingerprint density at radius 1 is 0.750 bits per heavy atom. The summed E-state index contributed by atoms with van der Waals surface area (Å²) < 4.78 is 46.7. The van der Waals surface area contributed by atoms with Crippen LogP contribution in [0.1, 0.15) is 33.3 Å². The maximum atomic E-state index is 12.8. The predicted octanol–water partition coefficient (Wildman–Crippen LogP) is 3.74. The molecule has 0 saturated heterocycles. The van der Waals surface area contributed by atoms with E-state index in [1.165, 1.54) is 0 Å². The van der Waals surface area contributed by atoms with Gasteiger partial charge in [-0.15, -0.1) is 0 Å². The first-order valence-corrected chi connectivity index (χ1v) is 14.5. The van der Waals surface area contributed by atoms with Gasteiger partial charge in [-0.2, -0.15) is 0 Å². The predicted molar refractivity (Wildman–Crippen MR) is 125 cm³/mol. The average molecular weight is 495 g/mol. The fourth-order valence-corrected chi connectivity index (χ4v) is 6.75. The Morgan fingerprint density at radius 3 is 1.47 bits per heavy atom. The van der Waals surface area contributed by atoms with E-state index in [0.717, 1.165) is 5.56 Å². The topological polar surface area (TPSA) is 115 Å². The highest BCUT2D eigenvalue weighted by Gasteiger charge is 2.31. The highest BCUT2D eigenvalue weighted by molar-refractivity contribution is 7.54. The van der Waals surface area contributed by atoms with Crippen molar-refractivity contribution in [3.05, 3.63) is 35.9 Å². The van der Waals surface area contributed by atoms with Crippen LogP contribution >= 0.6 is 15.2 Å². The molecular formula is C21H39NO8P2. The second-order valence-corrected chi connectivity index (χ2v) is 11.5. The number of aliphatic hydroxyl groups excluding tert-OH is 2. The zero-order chi connectivity index (χ0) is 24.0. The van der Waals surface area contributed by atoms with Crippen LogP contribution in [0.25, 0.3) is 0 Å². The fraction of sp³-hybridized carbons (Fsp3) is 0.714. The summed E-state index contributed by atoms with van der Waals surface area (Å²) in [5, 5.41) is 21.3. The van der Waals surface area contributed by atoms with Gasteiger partial charge in [0.2, 0.25) is 0 Å². The summed E-state index contributed by atoms with van der Waals surface area (Å²) in [6, 6.07) is 9.57. The first-order chi connectivity index (χ1) is 15.2. The van der Waals surface area contributed by atoms with Crippen LogP contribution in [0.2, 0.25) is 0 Å². The van der Waals surface area contributed by atoms with Gasteiger partial charge in [0, 0.05) is 19.6 Å². The first-order valence-electron chi connectivity index (χ1n) is 11.1. The van der Waals surface area contributed by atoms with Crippen molar-refractivity contribution >= 4 is 15.2 Å². The van der Waals surface area contributed by atoms with Crippen LogP contribution in [0.15, 0.2) is 30.3 Å². The third kappa shape index (κ3) is 11.5. The number of rotatable bonds is 18. The van der Waals surface area contributed by atoms with Gasteiger partial charge in [0.05, 0.1) is 51.0 Å². The van der Waals surface area contributed by atoms with E-state index in [-0.39, 0.29) is 51.8 Å². The lowest BCUT2D eigenvalue weighted by Gasteiger charge is -2.29. The Bertz CT molecular complexity index is 661. The molecule has 0 spiro atoms. The summed E-state index contributed by atoms with van der Waals surface area (Å²) in [6.45, 7) is 8.35. The normalized spacial score (nSPS) is 14.6. The fourth-order valence-electron chi connectivity index (χ4n) is 3.35. The van der Waals surface area contributed by atoms with Crippen molar-refractivity contribution < 1.29 is 37.4 Å². The summed E-state index contributed by atoms with van der Waals surface area (Å²) in [7, 11) is -6.85. The Morgan fingerprint density at radius 2 is 1.12 bits per heavy atom. The molecule has 0 aliphatic rings. The van der Waals surface area contributed by atoms with Crippen molar-refractivity contribution in [2.75, 3.05) is 51.8 Å². The smallest absolute Gasteiger partial charge is 0.333 e. The largest absolute Gasteiger partial charge is 0.391 e. The second kappa shape index (κ2) is 15.3. The standard InChI is InChI=1S/C21H39NO8P2/c1-5-27-31(25,28-6-2)17-20(23)15-22(14-19-12-10-9-11-13-19)16-21(24)18-32(26,29-7-3)30-8-4/h9-13,20-21,23-24H,5-8,14-18H2,1-4H3/t20-,21-/m0/s1. The molecule has 9 nitrogen and oxygen atoms in total. The van der Waals surface area contributed by atoms with Crippen LogP contribution in [-0.2, 0) is 33.8 Å². The lowest BCUT2D eigenvalue weighted by molar-refractivity contribution is 0.0747. The first kappa shape index (κ1) is 29.4. The molecule has 0 aliphatic carbocycles. The molecule has 2 atom stereocenters. The molecule has 32 heavy (non-hydrogen) atoms. The molecule has 11 heteroatoms. The molecule has 2 N–H and O–H groups in total. The lowest BCUT2D eigenvalue weighted by atomic mass is 10.2. The molecule has 0 bridgehead atoms. The van der Waals surface area contributed by atoms with Crippen LogP contribution in [0, 0.1) is 0 Å². The average Bonchev–Trinajstić information content (AvgIpc) is 2.68. The van der Waals surface area contributed by atoms with Crippen molar-refractivity contribution in [3.63, 3.8) is 0 Å². The Labute approximate surface area is 192 Å². The molecule has 0 aromatic heterocycles. The Hall–Kier alpha value is -0.600. The van der Waals surface area contributed by atoms with E-state index >= 15 is 0 Å². The molecule has 0 unspecified atom stereocenters. The van der Waals surface area contributed by atoms with Crippen molar-refractivity contribution in [1.29, 1.82) is 0 Å². The van der Waals surface area contributed by atoms with Gasteiger partial charge in [0.25, 0.3) is 0 Å². The van der Waals surface area contributed by atoms with E-state index in [9.17, 15) is 19.3 Å². The quantitative estimate of drug-likeness (QED) is 0.294. The molecule has 0 radical (unpaired) electrons. The minimum atomic E-state index is -3.42. The van der Waals surface area contributed by atoms with Gasteiger partial charge in [-0.1, -0.05) is 30.3 Å². The van der Waals surface area contributed by atoms with Crippen molar-refractivity contribution in [2.24, 2.45) is 0 Å². The van der Waals surface area contributed by atoms with Gasteiger partial charge in [-0.25, -0.2) is 0 Å². The maximum Gasteiger partial charge on any atom is 0.333 e. The minimum absolute atomic E-state index is 0.115. The molecule has 0 heterocycles. The van der Waals surface area contributed by atoms with E-state index in [1.807, 2.05) is 35.2 Å². The van der Waals surface area contributed by atoms with Crippen molar-refractivity contribution in [1.82, 2.24) is 4.90 Å². The number of hydrogen-bond donors (Lipinski definition) is 2. The van der Waals surface area contributed by atoms with Crippen LogP contribution in [-0.4, -0.2) is 79.2 Å². The summed E-state index contributed by atoms with van der Waals surface area (Å²) in [5.74, 6) is 0. The van der Waals surface area contributed by atoms with Gasteiger partial charge >= 0.3 is 15.2 Å². The number of hydrogen-bond acceptors (Lipinski definition) is 9. The Balaban J connectivity index is 2.90. The van der Waals surface area contributed by atoms with Crippen LogP contribution in [0.3, 0.4) is 0 Å². The van der Waals surface area contributed by atoms with Crippen molar-refractivity contribution in [2.45, 2.75) is 46.4 Å². The summed E-state index contributed by atoms with van der Waals surface area (Å²) >= 11 is 0. The van der Waals surface area contributed by atoms with Crippen LogP contribution in [0.5, 0.6) is 0 Å².